The van der Waals surface area contributed by atoms with Crippen LogP contribution in [0.4, 0.5) is 5.69 Å². The lowest BCUT2D eigenvalue weighted by molar-refractivity contribution is 0.133. The van der Waals surface area contributed by atoms with Crippen molar-refractivity contribution in [1.29, 1.82) is 0 Å². The lowest BCUT2D eigenvalue weighted by Gasteiger charge is -2.15. The number of nitrogens with two attached hydrogens (primary N) is 1. The molecule has 0 bridgehead atoms. The SMILES string of the molecule is CCOCC(C)NS(=O)(=O)c1cnccc1NN. The fraction of sp³-hybridized carbons (Fsp3) is 0.500. The molecular formula is C10H18N4O3S. The number of hydrazine groups is 1. The average Bonchev–Trinajstić information content (AvgIpc) is 2.35. The summed E-state index contributed by atoms with van der Waals surface area (Å²) < 4.78 is 31.8. The summed E-state index contributed by atoms with van der Waals surface area (Å²) in [6, 6.07) is 1.16. The molecule has 7 nitrogen and oxygen atoms in total. The standard InChI is InChI=1S/C10H18N4O3S/c1-3-17-7-8(2)14-18(15,16)10-6-12-5-4-9(10)13-11/h4-6,8,14H,3,7,11H2,1-2H3,(H,12,13). The van der Waals surface area contributed by atoms with Crippen LogP contribution in [0.25, 0.3) is 0 Å². The third-order valence-corrected chi connectivity index (χ3v) is 3.77. The molecule has 4 N–H and O–H groups in total. The Labute approximate surface area is 107 Å². The van der Waals surface area contributed by atoms with Crippen LogP contribution in [0.2, 0.25) is 0 Å². The summed E-state index contributed by atoms with van der Waals surface area (Å²) in [5.41, 5.74) is 2.62. The molecule has 102 valence electrons. The summed E-state index contributed by atoms with van der Waals surface area (Å²) in [5, 5.41) is 0. The number of hydrogen-bond donors (Lipinski definition) is 3. The van der Waals surface area contributed by atoms with Gasteiger partial charge in [0, 0.05) is 25.0 Å². The zero-order valence-electron chi connectivity index (χ0n) is 10.4. The Morgan fingerprint density at radius 3 is 2.89 bits per heavy atom. The first-order chi connectivity index (χ1) is 8.51. The molecule has 0 fully saturated rings. The number of aromatic nitrogens is 1. The van der Waals surface area contributed by atoms with Gasteiger partial charge in [-0.15, -0.1) is 0 Å². The Bertz CT molecular complexity index is 478. The minimum absolute atomic E-state index is 0.0100. The van der Waals surface area contributed by atoms with E-state index < -0.39 is 10.0 Å². The number of anilines is 1. The normalized spacial score (nSPS) is 13.3. The van der Waals surface area contributed by atoms with E-state index in [4.69, 9.17) is 10.6 Å². The molecule has 0 spiro atoms. The molecule has 0 saturated heterocycles. The number of hydrogen-bond acceptors (Lipinski definition) is 6. The van der Waals surface area contributed by atoms with Crippen LogP contribution in [-0.4, -0.2) is 32.7 Å². The van der Waals surface area contributed by atoms with Crippen LogP contribution in [0.3, 0.4) is 0 Å². The summed E-state index contributed by atoms with van der Waals surface area (Å²) in [6.45, 7) is 4.41. The molecule has 1 rings (SSSR count). The summed E-state index contributed by atoms with van der Waals surface area (Å²) in [4.78, 5) is 3.79. The van der Waals surface area contributed by atoms with Gasteiger partial charge >= 0.3 is 0 Å². The fourth-order valence-electron chi connectivity index (χ4n) is 1.37. The van der Waals surface area contributed by atoms with Crippen LogP contribution in [0.5, 0.6) is 0 Å². The highest BCUT2D eigenvalue weighted by Crippen LogP contribution is 2.18. The molecule has 0 saturated carbocycles. The molecule has 1 heterocycles. The van der Waals surface area contributed by atoms with Gasteiger partial charge in [0.2, 0.25) is 10.0 Å². The Morgan fingerprint density at radius 2 is 2.28 bits per heavy atom. The number of pyridine rings is 1. The quantitative estimate of drug-likeness (QED) is 0.480. The molecule has 18 heavy (non-hydrogen) atoms. The van der Waals surface area contributed by atoms with Crippen molar-refractivity contribution in [2.45, 2.75) is 24.8 Å². The number of nitrogens with one attached hydrogen (secondary N) is 2. The van der Waals surface area contributed by atoms with Crippen LogP contribution in [0.1, 0.15) is 13.8 Å². The topological polar surface area (TPSA) is 106 Å². The maximum absolute atomic E-state index is 12.1. The van der Waals surface area contributed by atoms with E-state index in [1.165, 1.54) is 18.5 Å². The second-order valence-electron chi connectivity index (χ2n) is 3.70. The smallest absolute Gasteiger partial charge is 0.244 e. The van der Waals surface area contributed by atoms with Gasteiger partial charge in [0.15, 0.2) is 0 Å². The predicted octanol–water partition coefficient (Wildman–Crippen LogP) is 0.0705. The van der Waals surface area contributed by atoms with E-state index in [9.17, 15) is 8.42 Å². The van der Waals surface area contributed by atoms with Gasteiger partial charge in [0.25, 0.3) is 0 Å². The van der Waals surface area contributed by atoms with Crippen molar-refractivity contribution in [2.75, 3.05) is 18.6 Å². The Morgan fingerprint density at radius 1 is 1.56 bits per heavy atom. The van der Waals surface area contributed by atoms with Gasteiger partial charge < -0.3 is 10.2 Å². The molecule has 0 aliphatic heterocycles. The minimum Gasteiger partial charge on any atom is -0.380 e. The highest BCUT2D eigenvalue weighted by atomic mass is 32.2. The van der Waals surface area contributed by atoms with Crippen molar-refractivity contribution in [3.05, 3.63) is 18.5 Å². The average molecular weight is 274 g/mol. The van der Waals surface area contributed by atoms with Gasteiger partial charge in [0.1, 0.15) is 4.90 Å². The maximum atomic E-state index is 12.1. The summed E-state index contributed by atoms with van der Waals surface area (Å²) in [7, 11) is -3.67. The van der Waals surface area contributed by atoms with E-state index in [0.717, 1.165) is 0 Å². The van der Waals surface area contributed by atoms with Crippen LogP contribution in [0.15, 0.2) is 23.4 Å². The lowest BCUT2D eigenvalue weighted by atomic mass is 10.4. The van der Waals surface area contributed by atoms with Crippen molar-refractivity contribution >= 4 is 15.7 Å². The van der Waals surface area contributed by atoms with Gasteiger partial charge in [0.05, 0.1) is 12.3 Å². The van der Waals surface area contributed by atoms with Crippen molar-refractivity contribution in [1.82, 2.24) is 9.71 Å². The van der Waals surface area contributed by atoms with Gasteiger partial charge in [-0.25, -0.2) is 13.1 Å². The Hall–Kier alpha value is -1.22. The first-order valence-corrected chi connectivity index (χ1v) is 7.00. The van der Waals surface area contributed by atoms with E-state index >= 15 is 0 Å². The van der Waals surface area contributed by atoms with Crippen molar-refractivity contribution < 1.29 is 13.2 Å². The highest BCUT2D eigenvalue weighted by molar-refractivity contribution is 7.89. The van der Waals surface area contributed by atoms with Gasteiger partial charge in [-0.2, -0.15) is 0 Å². The second kappa shape index (κ2) is 6.64. The number of ether oxygens (including phenoxy) is 1. The van der Waals surface area contributed by atoms with E-state index in [0.29, 0.717) is 18.9 Å². The zero-order chi connectivity index (χ0) is 13.6. The maximum Gasteiger partial charge on any atom is 0.244 e. The van der Waals surface area contributed by atoms with Gasteiger partial charge in [-0.05, 0) is 19.9 Å². The molecular weight excluding hydrogens is 256 g/mol. The lowest BCUT2D eigenvalue weighted by Crippen LogP contribution is -2.36. The van der Waals surface area contributed by atoms with Crippen LogP contribution in [0, 0.1) is 0 Å². The van der Waals surface area contributed by atoms with Crippen LogP contribution in [-0.2, 0) is 14.8 Å². The largest absolute Gasteiger partial charge is 0.380 e. The Balaban J connectivity index is 2.86. The highest BCUT2D eigenvalue weighted by Gasteiger charge is 2.20. The number of nitrogens with zero attached hydrogens (tertiary/aromatic N) is 1. The summed E-state index contributed by atoms with van der Waals surface area (Å²) in [5.74, 6) is 5.26. The molecule has 1 unspecified atom stereocenters. The summed E-state index contributed by atoms with van der Waals surface area (Å²) in [6.07, 6.45) is 2.70. The molecule has 8 heteroatoms. The molecule has 0 aromatic carbocycles. The second-order valence-corrected chi connectivity index (χ2v) is 5.38. The number of nitrogen functional groups attached to an aromatic ring is 1. The van der Waals surface area contributed by atoms with E-state index in [2.05, 4.69) is 15.1 Å². The monoisotopic (exact) mass is 274 g/mol. The van der Waals surface area contributed by atoms with Crippen molar-refractivity contribution in [3.8, 4) is 0 Å². The molecule has 0 aliphatic carbocycles. The van der Waals surface area contributed by atoms with E-state index in [1.807, 2.05) is 6.92 Å². The molecule has 1 aromatic rings. The minimum atomic E-state index is -3.67. The third-order valence-electron chi connectivity index (χ3n) is 2.16. The molecule has 0 amide bonds. The first kappa shape index (κ1) is 14.8. The molecule has 1 atom stereocenters. The molecule has 0 radical (unpaired) electrons. The van der Waals surface area contributed by atoms with Crippen LogP contribution >= 0.6 is 0 Å². The third kappa shape index (κ3) is 3.91. The van der Waals surface area contributed by atoms with Crippen molar-refractivity contribution in [3.63, 3.8) is 0 Å². The van der Waals surface area contributed by atoms with Crippen LogP contribution < -0.4 is 16.0 Å². The van der Waals surface area contributed by atoms with E-state index in [1.54, 1.807) is 6.92 Å². The molecule has 0 aliphatic rings. The van der Waals surface area contributed by atoms with E-state index in [-0.39, 0.29) is 10.9 Å². The molecule has 1 aromatic heterocycles. The zero-order valence-corrected chi connectivity index (χ0v) is 11.2. The fourth-order valence-corrected chi connectivity index (χ4v) is 2.71. The Kier molecular flexibility index (Phi) is 5.48. The van der Waals surface area contributed by atoms with Crippen molar-refractivity contribution in [2.24, 2.45) is 5.84 Å². The first-order valence-electron chi connectivity index (χ1n) is 5.52. The number of rotatable bonds is 7. The predicted molar refractivity (Wildman–Crippen MR) is 68.3 cm³/mol. The summed E-state index contributed by atoms with van der Waals surface area (Å²) >= 11 is 0. The van der Waals surface area contributed by atoms with Gasteiger partial charge in [-0.3, -0.25) is 10.8 Å². The van der Waals surface area contributed by atoms with Gasteiger partial charge in [-0.1, -0.05) is 0 Å². The number of sulfonamides is 1.